The number of hydrogen-bond donors (Lipinski definition) is 0. The van der Waals surface area contributed by atoms with Crippen LogP contribution in [0.3, 0.4) is 0 Å². The lowest BCUT2D eigenvalue weighted by Crippen LogP contribution is -2.49. The third-order valence-corrected chi connectivity index (χ3v) is 6.96. The molecular weight excluding hydrogens is 372 g/mol. The number of hydrogen-bond acceptors (Lipinski definition) is 6. The summed E-state index contributed by atoms with van der Waals surface area (Å²) in [6, 6.07) is 3.79. The van der Waals surface area contributed by atoms with Crippen molar-refractivity contribution in [3.05, 3.63) is 28.8 Å². The summed E-state index contributed by atoms with van der Waals surface area (Å²) < 4.78 is 5.58. The van der Waals surface area contributed by atoms with Crippen molar-refractivity contribution in [3.8, 4) is 11.6 Å². The van der Waals surface area contributed by atoms with E-state index in [1.54, 1.807) is 6.26 Å². The number of furan rings is 1. The number of nitrogens with zero attached hydrogens (tertiary/aromatic N) is 4. The molecule has 7 heteroatoms. The second kappa shape index (κ2) is 7.20. The Hall–Kier alpha value is -2.41. The Bertz CT molecular complexity index is 1000. The van der Waals surface area contributed by atoms with Crippen LogP contribution in [0.5, 0.6) is 0 Å². The van der Waals surface area contributed by atoms with Gasteiger partial charge in [0, 0.05) is 37.5 Å². The predicted molar refractivity (Wildman–Crippen MR) is 111 cm³/mol. The number of aromatic nitrogens is 2. The highest BCUT2D eigenvalue weighted by atomic mass is 32.1. The summed E-state index contributed by atoms with van der Waals surface area (Å²) in [6.07, 6.45) is 6.97. The predicted octanol–water partition coefficient (Wildman–Crippen LogP) is 3.89. The van der Waals surface area contributed by atoms with Gasteiger partial charge in [-0.05, 0) is 43.4 Å². The molecule has 0 radical (unpaired) electrons. The highest BCUT2D eigenvalue weighted by molar-refractivity contribution is 7.19. The van der Waals surface area contributed by atoms with Crippen LogP contribution in [0.25, 0.3) is 21.8 Å². The number of thiophene rings is 1. The Kier molecular flexibility index (Phi) is 4.55. The number of carbonyl (C=O) groups is 1. The van der Waals surface area contributed by atoms with Gasteiger partial charge in [-0.2, -0.15) is 0 Å². The van der Waals surface area contributed by atoms with Crippen molar-refractivity contribution in [3.63, 3.8) is 0 Å². The lowest BCUT2D eigenvalue weighted by atomic mass is 9.97. The number of aryl methyl sites for hydroxylation is 2. The average Bonchev–Trinajstić information content (AvgIpc) is 3.40. The van der Waals surface area contributed by atoms with Crippen LogP contribution in [0.1, 0.15) is 36.6 Å². The van der Waals surface area contributed by atoms with E-state index in [0.29, 0.717) is 18.0 Å². The van der Waals surface area contributed by atoms with E-state index in [1.807, 2.05) is 35.3 Å². The van der Waals surface area contributed by atoms with E-state index >= 15 is 0 Å². The van der Waals surface area contributed by atoms with E-state index in [2.05, 4.69) is 4.90 Å². The number of amides is 1. The first-order chi connectivity index (χ1) is 13.7. The fraction of sp³-hybridized carbons (Fsp3) is 0.476. The normalized spacial score (nSPS) is 17.2. The van der Waals surface area contributed by atoms with Crippen LogP contribution in [-0.4, -0.2) is 47.0 Å². The maximum Gasteiger partial charge on any atom is 0.222 e. The molecular formula is C21H24N4O2S. The molecule has 146 valence electrons. The van der Waals surface area contributed by atoms with Gasteiger partial charge in [0.1, 0.15) is 10.6 Å². The zero-order valence-electron chi connectivity index (χ0n) is 16.1. The largest absolute Gasteiger partial charge is 0.461 e. The van der Waals surface area contributed by atoms with Gasteiger partial charge in [-0.25, -0.2) is 9.97 Å². The average molecular weight is 397 g/mol. The van der Waals surface area contributed by atoms with Gasteiger partial charge in [0.25, 0.3) is 0 Å². The topological polar surface area (TPSA) is 62.5 Å². The molecule has 3 aromatic heterocycles. The Labute approximate surface area is 168 Å². The maximum atomic E-state index is 12.1. The number of anilines is 1. The third kappa shape index (κ3) is 2.98. The van der Waals surface area contributed by atoms with E-state index in [9.17, 15) is 4.79 Å². The minimum Gasteiger partial charge on any atom is -0.461 e. The van der Waals surface area contributed by atoms with Gasteiger partial charge in [0.15, 0.2) is 11.6 Å². The lowest BCUT2D eigenvalue weighted by molar-refractivity contribution is -0.131. The maximum absolute atomic E-state index is 12.1. The van der Waals surface area contributed by atoms with Crippen LogP contribution < -0.4 is 4.90 Å². The molecule has 0 unspecified atom stereocenters. The molecule has 0 saturated carbocycles. The molecule has 2 aliphatic rings. The number of carbonyl (C=O) groups excluding carboxylic acids is 1. The molecule has 0 spiro atoms. The Morgan fingerprint density at radius 2 is 2.00 bits per heavy atom. The molecule has 5 rings (SSSR count). The van der Waals surface area contributed by atoms with E-state index in [4.69, 9.17) is 14.4 Å². The molecule has 1 fully saturated rings. The SMILES string of the molecule is CCC(=O)N1CCN(c2nc(-c3ccco3)nc3sc4c(c23)CCCC4)CC1. The minimum atomic E-state index is 0.233. The third-order valence-electron chi connectivity index (χ3n) is 5.77. The summed E-state index contributed by atoms with van der Waals surface area (Å²) in [6.45, 7) is 5.04. The van der Waals surface area contributed by atoms with Crippen LogP contribution in [0.2, 0.25) is 0 Å². The highest BCUT2D eigenvalue weighted by Crippen LogP contribution is 2.41. The molecule has 0 atom stereocenters. The molecule has 0 bridgehead atoms. The molecule has 1 aliphatic carbocycles. The van der Waals surface area contributed by atoms with Crippen molar-refractivity contribution in [1.82, 2.24) is 14.9 Å². The summed E-state index contributed by atoms with van der Waals surface area (Å²) >= 11 is 1.81. The molecule has 28 heavy (non-hydrogen) atoms. The lowest BCUT2D eigenvalue weighted by Gasteiger charge is -2.35. The van der Waals surface area contributed by atoms with Gasteiger partial charge in [0.2, 0.25) is 5.91 Å². The van der Waals surface area contributed by atoms with Crippen molar-refractivity contribution in [2.24, 2.45) is 0 Å². The quantitative estimate of drug-likeness (QED) is 0.672. The van der Waals surface area contributed by atoms with Crippen LogP contribution in [0.4, 0.5) is 5.82 Å². The zero-order valence-corrected chi connectivity index (χ0v) is 16.9. The number of fused-ring (bicyclic) bond motifs is 3. The van der Waals surface area contributed by atoms with Crippen molar-refractivity contribution in [2.45, 2.75) is 39.0 Å². The van der Waals surface area contributed by atoms with Gasteiger partial charge >= 0.3 is 0 Å². The summed E-state index contributed by atoms with van der Waals surface area (Å²) in [5.74, 6) is 2.60. The standard InChI is InChI=1S/C21H24N4O2S/c1-2-17(26)24-9-11-25(12-10-24)20-18-14-6-3-4-8-16(14)28-21(18)23-19(22-20)15-7-5-13-27-15/h5,7,13H,2-4,6,8-12H2,1H3. The fourth-order valence-electron chi connectivity index (χ4n) is 4.27. The van der Waals surface area contributed by atoms with Gasteiger partial charge in [-0.15, -0.1) is 11.3 Å². The number of piperazine rings is 1. The van der Waals surface area contributed by atoms with E-state index in [0.717, 1.165) is 49.7 Å². The van der Waals surface area contributed by atoms with Gasteiger partial charge in [0.05, 0.1) is 11.6 Å². The Morgan fingerprint density at radius 3 is 2.75 bits per heavy atom. The second-order valence-corrected chi connectivity index (χ2v) is 8.54. The fourth-order valence-corrected chi connectivity index (χ4v) is 5.53. The zero-order chi connectivity index (χ0) is 19.1. The van der Waals surface area contributed by atoms with Gasteiger partial charge in [-0.3, -0.25) is 4.79 Å². The van der Waals surface area contributed by atoms with Gasteiger partial charge in [-0.1, -0.05) is 6.92 Å². The highest BCUT2D eigenvalue weighted by Gasteiger charge is 2.27. The minimum absolute atomic E-state index is 0.233. The van der Waals surface area contributed by atoms with E-state index < -0.39 is 0 Å². The monoisotopic (exact) mass is 396 g/mol. The molecule has 4 heterocycles. The molecule has 6 nitrogen and oxygen atoms in total. The van der Waals surface area contributed by atoms with Crippen molar-refractivity contribution >= 4 is 33.3 Å². The Balaban J connectivity index is 1.58. The van der Waals surface area contributed by atoms with Crippen molar-refractivity contribution in [1.29, 1.82) is 0 Å². The molecule has 1 saturated heterocycles. The van der Waals surface area contributed by atoms with Crippen molar-refractivity contribution in [2.75, 3.05) is 31.1 Å². The first-order valence-electron chi connectivity index (χ1n) is 10.1. The van der Waals surface area contributed by atoms with Crippen molar-refractivity contribution < 1.29 is 9.21 Å². The first kappa shape index (κ1) is 17.7. The van der Waals surface area contributed by atoms with Crippen LogP contribution in [0, 0.1) is 0 Å². The number of rotatable bonds is 3. The van der Waals surface area contributed by atoms with Crippen LogP contribution in [0.15, 0.2) is 22.8 Å². The summed E-state index contributed by atoms with van der Waals surface area (Å²) in [7, 11) is 0. The molecule has 0 aromatic carbocycles. The van der Waals surface area contributed by atoms with Gasteiger partial charge < -0.3 is 14.2 Å². The summed E-state index contributed by atoms with van der Waals surface area (Å²) in [4.78, 5) is 28.7. The molecule has 3 aromatic rings. The van der Waals surface area contributed by atoms with E-state index in [-0.39, 0.29) is 5.91 Å². The molecule has 1 amide bonds. The smallest absolute Gasteiger partial charge is 0.222 e. The first-order valence-corrected chi connectivity index (χ1v) is 10.9. The Morgan fingerprint density at radius 1 is 1.18 bits per heavy atom. The summed E-state index contributed by atoms with van der Waals surface area (Å²) in [5, 5.41) is 1.23. The van der Waals surface area contributed by atoms with Crippen LogP contribution in [-0.2, 0) is 17.6 Å². The second-order valence-electron chi connectivity index (χ2n) is 7.46. The molecule has 0 N–H and O–H groups in total. The molecule has 1 aliphatic heterocycles. The summed E-state index contributed by atoms with van der Waals surface area (Å²) in [5.41, 5.74) is 1.44. The van der Waals surface area contributed by atoms with E-state index in [1.165, 1.54) is 28.7 Å². The van der Waals surface area contributed by atoms with Crippen LogP contribution >= 0.6 is 11.3 Å².